The number of rotatable bonds is 3. The Morgan fingerprint density at radius 1 is 1.14 bits per heavy atom. The first-order chi connectivity index (χ1) is 10.3. The molecule has 0 saturated carbocycles. The molecule has 2 unspecified atom stereocenters. The minimum Gasteiger partial charge on any atom is -0.313 e. The SMILES string of the molecule is CNC1c2ccccc2CC1Cc1nc2ccccc2s1. The van der Waals surface area contributed by atoms with E-state index in [9.17, 15) is 0 Å². The standard InChI is InChI=1S/C18H18N2S/c1-19-18-13(10-12-6-2-3-7-14(12)18)11-17-20-15-8-4-5-9-16(15)21-17/h2-9,13,18-19H,10-11H2,1H3. The van der Waals surface area contributed by atoms with Gasteiger partial charge in [-0.25, -0.2) is 4.98 Å². The van der Waals surface area contributed by atoms with Crippen LogP contribution in [0.25, 0.3) is 10.2 Å². The van der Waals surface area contributed by atoms with Crippen LogP contribution in [0.2, 0.25) is 0 Å². The van der Waals surface area contributed by atoms with E-state index in [-0.39, 0.29) is 0 Å². The van der Waals surface area contributed by atoms with Crippen molar-refractivity contribution in [2.75, 3.05) is 7.05 Å². The average molecular weight is 294 g/mol. The van der Waals surface area contributed by atoms with Crippen molar-refractivity contribution in [3.8, 4) is 0 Å². The number of benzene rings is 2. The molecule has 1 N–H and O–H groups in total. The lowest BCUT2D eigenvalue weighted by atomic mass is 9.97. The molecule has 106 valence electrons. The number of fused-ring (bicyclic) bond motifs is 2. The quantitative estimate of drug-likeness (QED) is 0.790. The van der Waals surface area contributed by atoms with Crippen molar-refractivity contribution in [2.45, 2.75) is 18.9 Å². The third-order valence-electron chi connectivity index (χ3n) is 4.43. The zero-order chi connectivity index (χ0) is 14.2. The highest BCUT2D eigenvalue weighted by molar-refractivity contribution is 7.18. The van der Waals surface area contributed by atoms with Crippen molar-refractivity contribution >= 4 is 21.6 Å². The lowest BCUT2D eigenvalue weighted by Crippen LogP contribution is -2.23. The summed E-state index contributed by atoms with van der Waals surface area (Å²) in [6.45, 7) is 0. The zero-order valence-corrected chi connectivity index (χ0v) is 12.9. The summed E-state index contributed by atoms with van der Waals surface area (Å²) in [4.78, 5) is 4.80. The number of hydrogen-bond acceptors (Lipinski definition) is 3. The fourth-order valence-electron chi connectivity index (χ4n) is 3.49. The molecule has 2 nitrogen and oxygen atoms in total. The summed E-state index contributed by atoms with van der Waals surface area (Å²) in [6, 6.07) is 17.7. The number of para-hydroxylation sites is 1. The molecule has 0 bridgehead atoms. The number of aromatic nitrogens is 1. The van der Waals surface area contributed by atoms with Gasteiger partial charge in [0, 0.05) is 12.5 Å². The summed E-state index contributed by atoms with van der Waals surface area (Å²) >= 11 is 1.84. The second kappa shape index (κ2) is 5.24. The Kier molecular flexibility index (Phi) is 3.24. The van der Waals surface area contributed by atoms with Gasteiger partial charge in [0.05, 0.1) is 15.2 Å². The van der Waals surface area contributed by atoms with Crippen LogP contribution in [0.5, 0.6) is 0 Å². The summed E-state index contributed by atoms with van der Waals surface area (Å²) in [7, 11) is 2.07. The summed E-state index contributed by atoms with van der Waals surface area (Å²) in [5, 5.41) is 4.76. The van der Waals surface area contributed by atoms with Gasteiger partial charge in [0.25, 0.3) is 0 Å². The van der Waals surface area contributed by atoms with Gasteiger partial charge in [0.1, 0.15) is 0 Å². The maximum atomic E-state index is 4.80. The fraction of sp³-hybridized carbons (Fsp3) is 0.278. The molecule has 2 aromatic carbocycles. The summed E-state index contributed by atoms with van der Waals surface area (Å²) in [5.41, 5.74) is 4.09. The Bertz CT molecular complexity index is 744. The molecular weight excluding hydrogens is 276 g/mol. The third kappa shape index (κ3) is 2.27. The smallest absolute Gasteiger partial charge is 0.0942 e. The molecule has 0 fully saturated rings. The van der Waals surface area contributed by atoms with E-state index < -0.39 is 0 Å². The zero-order valence-electron chi connectivity index (χ0n) is 12.0. The summed E-state index contributed by atoms with van der Waals surface area (Å²) < 4.78 is 1.30. The van der Waals surface area contributed by atoms with E-state index in [0.717, 1.165) is 18.4 Å². The molecule has 1 heterocycles. The minimum atomic E-state index is 0.452. The Balaban J connectivity index is 1.63. The van der Waals surface area contributed by atoms with Crippen molar-refractivity contribution in [2.24, 2.45) is 5.92 Å². The van der Waals surface area contributed by atoms with Crippen LogP contribution in [-0.4, -0.2) is 12.0 Å². The van der Waals surface area contributed by atoms with Crippen LogP contribution in [0, 0.1) is 5.92 Å². The van der Waals surface area contributed by atoms with Gasteiger partial charge in [-0.1, -0.05) is 36.4 Å². The lowest BCUT2D eigenvalue weighted by molar-refractivity contribution is 0.410. The molecular formula is C18H18N2S. The maximum Gasteiger partial charge on any atom is 0.0942 e. The highest BCUT2D eigenvalue weighted by atomic mass is 32.1. The van der Waals surface area contributed by atoms with Gasteiger partial charge in [0.15, 0.2) is 0 Å². The van der Waals surface area contributed by atoms with Gasteiger partial charge < -0.3 is 5.32 Å². The normalized spacial score (nSPS) is 20.8. The molecule has 1 aliphatic carbocycles. The van der Waals surface area contributed by atoms with Crippen molar-refractivity contribution in [3.63, 3.8) is 0 Å². The number of nitrogens with zero attached hydrogens (tertiary/aromatic N) is 1. The molecule has 0 amide bonds. The second-order valence-electron chi connectivity index (χ2n) is 5.71. The van der Waals surface area contributed by atoms with Gasteiger partial charge in [-0.15, -0.1) is 11.3 Å². The van der Waals surface area contributed by atoms with Crippen molar-refractivity contribution in [1.82, 2.24) is 10.3 Å². The van der Waals surface area contributed by atoms with Crippen LogP contribution < -0.4 is 5.32 Å². The van der Waals surface area contributed by atoms with Gasteiger partial charge in [-0.2, -0.15) is 0 Å². The molecule has 1 aliphatic rings. The van der Waals surface area contributed by atoms with Crippen LogP contribution in [0.4, 0.5) is 0 Å². The Labute approximate surface area is 128 Å². The molecule has 2 atom stereocenters. The van der Waals surface area contributed by atoms with E-state index in [2.05, 4.69) is 60.9 Å². The first-order valence-corrected chi connectivity index (χ1v) is 8.26. The van der Waals surface area contributed by atoms with E-state index >= 15 is 0 Å². The van der Waals surface area contributed by atoms with Gasteiger partial charge >= 0.3 is 0 Å². The molecule has 4 rings (SSSR count). The number of hydrogen-bond donors (Lipinski definition) is 1. The Hall–Kier alpha value is -1.71. The van der Waals surface area contributed by atoms with Crippen LogP contribution in [0.3, 0.4) is 0 Å². The van der Waals surface area contributed by atoms with Gasteiger partial charge in [-0.05, 0) is 42.6 Å². The fourth-order valence-corrected chi connectivity index (χ4v) is 4.55. The van der Waals surface area contributed by atoms with E-state index in [1.807, 2.05) is 11.3 Å². The predicted molar refractivity (Wildman–Crippen MR) is 88.8 cm³/mol. The maximum absolute atomic E-state index is 4.80. The molecule has 3 heteroatoms. The lowest BCUT2D eigenvalue weighted by Gasteiger charge is -2.18. The summed E-state index contributed by atoms with van der Waals surface area (Å²) in [6.07, 6.45) is 2.21. The molecule has 3 aromatic rings. The molecule has 1 aromatic heterocycles. The van der Waals surface area contributed by atoms with E-state index in [4.69, 9.17) is 4.98 Å². The van der Waals surface area contributed by atoms with Crippen LogP contribution in [-0.2, 0) is 12.8 Å². The average Bonchev–Trinajstić information content (AvgIpc) is 3.06. The highest BCUT2D eigenvalue weighted by Gasteiger charge is 2.31. The van der Waals surface area contributed by atoms with Crippen molar-refractivity contribution < 1.29 is 0 Å². The van der Waals surface area contributed by atoms with Crippen molar-refractivity contribution in [3.05, 3.63) is 64.7 Å². The highest BCUT2D eigenvalue weighted by Crippen LogP contribution is 2.38. The van der Waals surface area contributed by atoms with Crippen molar-refractivity contribution in [1.29, 1.82) is 0 Å². The molecule has 0 spiro atoms. The molecule has 0 aliphatic heterocycles. The first kappa shape index (κ1) is 13.0. The topological polar surface area (TPSA) is 24.9 Å². The first-order valence-electron chi connectivity index (χ1n) is 7.44. The molecule has 21 heavy (non-hydrogen) atoms. The van der Waals surface area contributed by atoms with Gasteiger partial charge in [-0.3, -0.25) is 0 Å². The predicted octanol–water partition coefficient (Wildman–Crippen LogP) is 3.97. The van der Waals surface area contributed by atoms with Crippen LogP contribution in [0.15, 0.2) is 48.5 Å². The number of nitrogens with one attached hydrogen (secondary N) is 1. The van der Waals surface area contributed by atoms with E-state index in [1.54, 1.807) is 0 Å². The largest absolute Gasteiger partial charge is 0.313 e. The number of thiazole rings is 1. The van der Waals surface area contributed by atoms with Crippen LogP contribution in [0.1, 0.15) is 22.2 Å². The van der Waals surface area contributed by atoms with E-state index in [0.29, 0.717) is 12.0 Å². The minimum absolute atomic E-state index is 0.452. The van der Waals surface area contributed by atoms with Crippen LogP contribution >= 0.6 is 11.3 Å². The van der Waals surface area contributed by atoms with E-state index in [1.165, 1.54) is 20.8 Å². The molecule has 0 saturated heterocycles. The second-order valence-corrected chi connectivity index (χ2v) is 6.82. The monoisotopic (exact) mass is 294 g/mol. The Morgan fingerprint density at radius 3 is 2.81 bits per heavy atom. The van der Waals surface area contributed by atoms with Gasteiger partial charge in [0.2, 0.25) is 0 Å². The molecule has 0 radical (unpaired) electrons. The third-order valence-corrected chi connectivity index (χ3v) is 5.49. The Morgan fingerprint density at radius 2 is 1.95 bits per heavy atom. The summed E-state index contributed by atoms with van der Waals surface area (Å²) in [5.74, 6) is 0.605.